The van der Waals surface area contributed by atoms with Crippen molar-refractivity contribution in [1.29, 1.82) is 0 Å². The highest BCUT2D eigenvalue weighted by Gasteiger charge is 2.33. The average Bonchev–Trinajstić information content (AvgIpc) is 2.99. The molecule has 0 amide bonds. The molecule has 2 aromatic carbocycles. The molecule has 3 rings (SSSR count). The molecule has 0 aromatic heterocycles. The Morgan fingerprint density at radius 2 is 1.93 bits per heavy atom. The summed E-state index contributed by atoms with van der Waals surface area (Å²) in [5.74, 6) is 1.36. The molecule has 2 aromatic rings. The number of ketones is 1. The molecule has 1 heterocycles. The third-order valence-electron chi connectivity index (χ3n) is 4.92. The van der Waals surface area contributed by atoms with Gasteiger partial charge in [-0.15, -0.1) is 0 Å². The number of hydrogen-bond acceptors (Lipinski definition) is 5. The van der Waals surface area contributed by atoms with Gasteiger partial charge in [-0.2, -0.15) is 0 Å². The van der Waals surface area contributed by atoms with E-state index in [1.165, 1.54) is 0 Å². The molecule has 5 heteroatoms. The first-order chi connectivity index (χ1) is 13.0. The van der Waals surface area contributed by atoms with E-state index in [1.54, 1.807) is 19.3 Å². The Morgan fingerprint density at radius 1 is 1.22 bits per heavy atom. The van der Waals surface area contributed by atoms with Gasteiger partial charge in [0.05, 0.1) is 18.2 Å². The molecular weight excluding hydrogens is 342 g/mol. The van der Waals surface area contributed by atoms with Gasteiger partial charge >= 0.3 is 0 Å². The Bertz CT molecular complexity index is 897. The second kappa shape index (κ2) is 7.84. The Morgan fingerprint density at radius 3 is 2.59 bits per heavy atom. The van der Waals surface area contributed by atoms with E-state index in [1.807, 2.05) is 31.2 Å². The van der Waals surface area contributed by atoms with Crippen LogP contribution in [0.15, 0.2) is 36.1 Å². The molecule has 0 bridgehead atoms. The second-order valence-electron chi connectivity index (χ2n) is 6.54. The number of methoxy groups -OCH3 is 1. The lowest BCUT2D eigenvalue weighted by Gasteiger charge is -2.20. The quantitative estimate of drug-likeness (QED) is 0.777. The van der Waals surface area contributed by atoms with E-state index in [9.17, 15) is 9.90 Å². The van der Waals surface area contributed by atoms with Gasteiger partial charge < -0.3 is 14.6 Å². The number of hydrogen-bond donors (Lipinski definition) is 1. The molecule has 0 atom stereocenters. The van der Waals surface area contributed by atoms with Crippen molar-refractivity contribution in [1.82, 2.24) is 4.90 Å². The number of aromatic hydroxyl groups is 1. The van der Waals surface area contributed by atoms with E-state index < -0.39 is 0 Å². The zero-order valence-corrected chi connectivity index (χ0v) is 16.2. The molecule has 1 aliphatic rings. The predicted molar refractivity (Wildman–Crippen MR) is 105 cm³/mol. The zero-order valence-electron chi connectivity index (χ0n) is 16.2. The molecule has 0 saturated heterocycles. The molecule has 1 N–H and O–H groups in total. The van der Waals surface area contributed by atoms with Crippen LogP contribution < -0.4 is 9.47 Å². The van der Waals surface area contributed by atoms with E-state index in [0.717, 1.165) is 18.7 Å². The van der Waals surface area contributed by atoms with Crippen LogP contribution in [0.4, 0.5) is 0 Å². The van der Waals surface area contributed by atoms with Gasteiger partial charge in [0.1, 0.15) is 17.2 Å². The number of benzene rings is 2. The summed E-state index contributed by atoms with van der Waals surface area (Å²) in [7, 11) is 1.59. The minimum atomic E-state index is -0.172. The number of ether oxygens (including phenoxy) is 2. The van der Waals surface area contributed by atoms with Crippen LogP contribution in [-0.4, -0.2) is 36.0 Å². The lowest BCUT2D eigenvalue weighted by Crippen LogP contribution is -2.22. The number of rotatable bonds is 6. The van der Waals surface area contributed by atoms with Gasteiger partial charge in [0.2, 0.25) is 5.78 Å². The highest BCUT2D eigenvalue weighted by Crippen LogP contribution is 2.42. The fourth-order valence-electron chi connectivity index (χ4n) is 3.33. The summed E-state index contributed by atoms with van der Waals surface area (Å²) < 4.78 is 11.3. The molecule has 5 nitrogen and oxygen atoms in total. The average molecular weight is 367 g/mol. The first-order valence-corrected chi connectivity index (χ1v) is 9.15. The Balaban J connectivity index is 2.06. The number of carbonyl (C=O) groups is 1. The van der Waals surface area contributed by atoms with E-state index in [0.29, 0.717) is 34.7 Å². The lowest BCUT2D eigenvalue weighted by molar-refractivity contribution is 0.101. The normalized spacial score (nSPS) is 14.6. The highest BCUT2D eigenvalue weighted by molar-refractivity contribution is 6.16. The Hall–Kier alpha value is -2.79. The Kier molecular flexibility index (Phi) is 5.51. The lowest BCUT2D eigenvalue weighted by atomic mass is 9.99. The summed E-state index contributed by atoms with van der Waals surface area (Å²) in [6.45, 7) is 8.15. The molecule has 0 fully saturated rings. The minimum absolute atomic E-state index is 0.157. The molecule has 0 spiro atoms. The van der Waals surface area contributed by atoms with E-state index in [2.05, 4.69) is 18.7 Å². The van der Waals surface area contributed by atoms with Gasteiger partial charge in [-0.05, 0) is 43.8 Å². The van der Waals surface area contributed by atoms with Crippen LogP contribution >= 0.6 is 0 Å². The van der Waals surface area contributed by atoms with Gasteiger partial charge in [0.15, 0.2) is 5.76 Å². The summed E-state index contributed by atoms with van der Waals surface area (Å²) in [4.78, 5) is 15.1. The molecule has 0 aliphatic carbocycles. The zero-order chi connectivity index (χ0) is 19.6. The monoisotopic (exact) mass is 367 g/mol. The van der Waals surface area contributed by atoms with Crippen molar-refractivity contribution in [2.75, 3.05) is 20.2 Å². The standard InChI is InChI=1S/C22H25NO4/c1-5-23(6-2)13-16-17(24)11-14(3)20-21(25)19(27-22(16)20)12-15-9-7-8-10-18(15)26-4/h7-12,24H,5-6,13H2,1-4H3/b19-12-. The van der Waals surface area contributed by atoms with Crippen LogP contribution in [-0.2, 0) is 6.54 Å². The van der Waals surface area contributed by atoms with Gasteiger partial charge in [0, 0.05) is 12.1 Å². The molecule has 1 aliphatic heterocycles. The van der Waals surface area contributed by atoms with Gasteiger partial charge in [-0.1, -0.05) is 32.0 Å². The number of aryl methyl sites for hydroxylation is 1. The van der Waals surface area contributed by atoms with Gasteiger partial charge in [-0.25, -0.2) is 0 Å². The molecule has 0 saturated carbocycles. The maximum atomic E-state index is 13.0. The predicted octanol–water partition coefficient (Wildman–Crippen LogP) is 4.17. The van der Waals surface area contributed by atoms with Crippen LogP contribution in [0, 0.1) is 6.92 Å². The fourth-order valence-corrected chi connectivity index (χ4v) is 3.33. The minimum Gasteiger partial charge on any atom is -0.507 e. The number of Topliss-reactive ketones (excluding diaryl/α,β-unsaturated/α-hetero) is 1. The largest absolute Gasteiger partial charge is 0.507 e. The van der Waals surface area contributed by atoms with E-state index >= 15 is 0 Å². The molecule has 27 heavy (non-hydrogen) atoms. The van der Waals surface area contributed by atoms with Crippen LogP contribution in [0.3, 0.4) is 0 Å². The number of phenols is 1. The van der Waals surface area contributed by atoms with Crippen molar-refractivity contribution >= 4 is 11.9 Å². The second-order valence-corrected chi connectivity index (χ2v) is 6.54. The maximum Gasteiger partial charge on any atom is 0.232 e. The van der Waals surface area contributed by atoms with Crippen molar-refractivity contribution in [2.24, 2.45) is 0 Å². The fraction of sp³-hybridized carbons (Fsp3) is 0.318. The van der Waals surface area contributed by atoms with Gasteiger partial charge in [-0.3, -0.25) is 9.69 Å². The number of allylic oxidation sites excluding steroid dienone is 1. The highest BCUT2D eigenvalue weighted by atomic mass is 16.5. The number of phenolic OH excluding ortho intramolecular Hbond substituents is 1. The van der Waals surface area contributed by atoms with Gasteiger partial charge in [0.25, 0.3) is 0 Å². The first-order valence-electron chi connectivity index (χ1n) is 9.15. The van der Waals surface area contributed by atoms with Crippen LogP contribution in [0.1, 0.15) is 40.9 Å². The smallest absolute Gasteiger partial charge is 0.232 e. The van der Waals surface area contributed by atoms with Crippen molar-refractivity contribution in [3.63, 3.8) is 0 Å². The number of carbonyl (C=O) groups excluding carboxylic acids is 1. The summed E-state index contributed by atoms with van der Waals surface area (Å²) in [6.07, 6.45) is 1.69. The first kappa shape index (κ1) is 19.0. The van der Waals surface area contributed by atoms with Crippen LogP contribution in [0.2, 0.25) is 0 Å². The number of para-hydroxylation sites is 1. The van der Waals surface area contributed by atoms with Crippen LogP contribution in [0.25, 0.3) is 6.08 Å². The maximum absolute atomic E-state index is 13.0. The SMILES string of the molecule is CCN(CC)Cc1c(O)cc(C)c2c1O/C(=C\c1ccccc1OC)C2=O. The number of fused-ring (bicyclic) bond motifs is 1. The summed E-state index contributed by atoms with van der Waals surface area (Å²) in [6, 6.07) is 9.10. The molecule has 0 unspecified atom stereocenters. The summed E-state index contributed by atoms with van der Waals surface area (Å²) >= 11 is 0. The third kappa shape index (κ3) is 3.55. The third-order valence-corrected chi connectivity index (χ3v) is 4.92. The molecule has 0 radical (unpaired) electrons. The summed E-state index contributed by atoms with van der Waals surface area (Å²) in [5.41, 5.74) is 2.65. The summed E-state index contributed by atoms with van der Waals surface area (Å²) in [5, 5.41) is 10.5. The topological polar surface area (TPSA) is 59.0 Å². The van der Waals surface area contributed by atoms with E-state index in [4.69, 9.17) is 9.47 Å². The van der Waals surface area contributed by atoms with Crippen molar-refractivity contribution in [3.05, 3.63) is 58.3 Å². The molecular formula is C22H25NO4. The number of nitrogens with zero attached hydrogens (tertiary/aromatic N) is 1. The van der Waals surface area contributed by atoms with Crippen molar-refractivity contribution in [3.8, 4) is 17.2 Å². The van der Waals surface area contributed by atoms with Crippen LogP contribution in [0.5, 0.6) is 17.2 Å². The molecule has 142 valence electrons. The van der Waals surface area contributed by atoms with Crippen molar-refractivity contribution < 1.29 is 19.4 Å². The van der Waals surface area contributed by atoms with Crippen molar-refractivity contribution in [2.45, 2.75) is 27.3 Å². The van der Waals surface area contributed by atoms with E-state index in [-0.39, 0.29) is 17.3 Å². The Labute approximate surface area is 159 Å².